The molecule has 11 N–H and O–H groups in total. The lowest BCUT2D eigenvalue weighted by Gasteiger charge is -2.48. The third-order valence-corrected chi connectivity index (χ3v) is 6.09. The molecule has 34 heavy (non-hydrogen) atoms. The van der Waals surface area contributed by atoms with Crippen LogP contribution in [0.25, 0.3) is 0 Å². The Kier molecular flexibility index (Phi) is 9.54. The van der Waals surface area contributed by atoms with E-state index in [-0.39, 0.29) is 0 Å². The van der Waals surface area contributed by atoms with E-state index in [2.05, 4.69) is 0 Å². The summed E-state index contributed by atoms with van der Waals surface area (Å²) in [5, 5.41) is 109. The quantitative estimate of drug-likeness (QED) is 0.154. The van der Waals surface area contributed by atoms with Crippen LogP contribution in [-0.2, 0) is 23.7 Å². The van der Waals surface area contributed by atoms with Crippen molar-refractivity contribution in [2.24, 2.45) is 0 Å². The van der Waals surface area contributed by atoms with E-state index >= 15 is 0 Å². The fraction of sp³-hybridized carbons (Fsp3) is 1.00. The number of aliphatic hydroxyl groups excluding tert-OH is 11. The number of aliphatic hydroxyl groups is 11. The van der Waals surface area contributed by atoms with Crippen molar-refractivity contribution >= 4 is 0 Å². The fourth-order valence-electron chi connectivity index (χ4n) is 4.04. The first-order valence-electron chi connectivity index (χ1n) is 10.6. The Morgan fingerprint density at radius 2 is 0.853 bits per heavy atom. The van der Waals surface area contributed by atoms with Crippen LogP contribution in [0, 0.1) is 0 Å². The monoisotopic (exact) mass is 504 g/mol. The van der Waals surface area contributed by atoms with Gasteiger partial charge in [0, 0.05) is 0 Å². The highest BCUT2D eigenvalue weighted by atomic mass is 16.8. The summed E-state index contributed by atoms with van der Waals surface area (Å²) in [6, 6.07) is 0. The first kappa shape index (κ1) is 27.9. The van der Waals surface area contributed by atoms with Crippen LogP contribution < -0.4 is 0 Å². The van der Waals surface area contributed by atoms with Crippen LogP contribution in [-0.4, -0.2) is 168 Å². The lowest BCUT2D eigenvalue weighted by Crippen LogP contribution is -2.67. The van der Waals surface area contributed by atoms with E-state index in [0.717, 1.165) is 0 Å². The second kappa shape index (κ2) is 11.6. The summed E-state index contributed by atoms with van der Waals surface area (Å²) in [5.74, 6) is 0. The van der Waals surface area contributed by atoms with Gasteiger partial charge in [0.25, 0.3) is 0 Å². The van der Waals surface area contributed by atoms with Crippen molar-refractivity contribution in [1.29, 1.82) is 0 Å². The van der Waals surface area contributed by atoms with Crippen LogP contribution in [0.2, 0.25) is 0 Å². The molecule has 3 saturated heterocycles. The van der Waals surface area contributed by atoms with E-state index in [0.29, 0.717) is 0 Å². The molecule has 16 nitrogen and oxygen atoms in total. The van der Waals surface area contributed by atoms with Crippen molar-refractivity contribution in [2.75, 3.05) is 19.8 Å². The summed E-state index contributed by atoms with van der Waals surface area (Å²) in [4.78, 5) is 0. The van der Waals surface area contributed by atoms with Gasteiger partial charge in [0.15, 0.2) is 18.9 Å². The molecule has 0 spiro atoms. The summed E-state index contributed by atoms with van der Waals surface area (Å²) in [6.45, 7) is -2.35. The molecule has 0 aromatic heterocycles. The maximum Gasteiger partial charge on any atom is 0.187 e. The summed E-state index contributed by atoms with van der Waals surface area (Å²) >= 11 is 0. The van der Waals surface area contributed by atoms with E-state index in [1.165, 1.54) is 0 Å². The number of hydrogen-bond acceptors (Lipinski definition) is 16. The van der Waals surface area contributed by atoms with Crippen molar-refractivity contribution in [3.63, 3.8) is 0 Å². The summed E-state index contributed by atoms with van der Waals surface area (Å²) in [6.07, 6.45) is -25.6. The van der Waals surface area contributed by atoms with Crippen molar-refractivity contribution in [2.45, 2.75) is 92.1 Å². The lowest BCUT2D eigenvalue weighted by molar-refractivity contribution is -0.383. The fourth-order valence-corrected chi connectivity index (χ4v) is 4.04. The van der Waals surface area contributed by atoms with E-state index in [4.69, 9.17) is 23.7 Å². The minimum Gasteiger partial charge on any atom is -0.394 e. The highest BCUT2D eigenvalue weighted by Crippen LogP contribution is 2.32. The second-order valence-electron chi connectivity index (χ2n) is 8.33. The highest BCUT2D eigenvalue weighted by Gasteiger charge is 2.53. The molecule has 0 amide bonds. The molecule has 3 aliphatic rings. The smallest absolute Gasteiger partial charge is 0.187 e. The Bertz CT molecular complexity index is 599. The van der Waals surface area contributed by atoms with Crippen LogP contribution >= 0.6 is 0 Å². The van der Waals surface area contributed by atoms with E-state index in [1.807, 2.05) is 0 Å². The number of rotatable bonds is 7. The third-order valence-electron chi connectivity index (χ3n) is 6.09. The summed E-state index contributed by atoms with van der Waals surface area (Å²) in [7, 11) is 0. The molecule has 0 aromatic carbocycles. The van der Waals surface area contributed by atoms with Crippen LogP contribution in [0.1, 0.15) is 0 Å². The summed E-state index contributed by atoms with van der Waals surface area (Å²) < 4.78 is 26.7. The van der Waals surface area contributed by atoms with Crippen molar-refractivity contribution < 1.29 is 79.9 Å². The Hall–Kier alpha value is -0.640. The molecule has 0 aliphatic carbocycles. The summed E-state index contributed by atoms with van der Waals surface area (Å²) in [5.41, 5.74) is 0. The van der Waals surface area contributed by atoms with E-state index in [9.17, 15) is 56.2 Å². The third kappa shape index (κ3) is 5.37. The number of ether oxygens (including phenoxy) is 5. The second-order valence-corrected chi connectivity index (χ2v) is 8.33. The van der Waals surface area contributed by atoms with E-state index in [1.54, 1.807) is 0 Å². The van der Waals surface area contributed by atoms with Gasteiger partial charge >= 0.3 is 0 Å². The molecular weight excluding hydrogens is 472 g/mol. The first-order chi connectivity index (χ1) is 16.0. The molecule has 3 aliphatic heterocycles. The average Bonchev–Trinajstić information content (AvgIpc) is 2.83. The minimum atomic E-state index is -1.93. The van der Waals surface area contributed by atoms with Gasteiger partial charge in [-0.05, 0) is 0 Å². The SMILES string of the molecule is OC[C@H]1O[C@H](O[C@H]2[C@H](O[C@@H]3O[C@H](CO)[C@@H](O)[C@H](O)[C@H]3O)[C@@H](CO)OC(O)[C@@H]2O)[C@@H](O)[C@@H](O)[C@@H]1O. The zero-order chi connectivity index (χ0) is 25.3. The topological polar surface area (TPSA) is 269 Å². The minimum absolute atomic E-state index is 0.762. The predicted octanol–water partition coefficient (Wildman–Crippen LogP) is -7.57. The van der Waals surface area contributed by atoms with Crippen LogP contribution in [0.15, 0.2) is 0 Å². The van der Waals surface area contributed by atoms with Gasteiger partial charge in [-0.3, -0.25) is 0 Å². The molecule has 1 unspecified atom stereocenters. The lowest BCUT2D eigenvalue weighted by atomic mass is 9.96. The van der Waals surface area contributed by atoms with Crippen LogP contribution in [0.5, 0.6) is 0 Å². The van der Waals surface area contributed by atoms with Crippen LogP contribution in [0.3, 0.4) is 0 Å². The Morgan fingerprint density at radius 3 is 1.26 bits per heavy atom. The molecule has 0 bridgehead atoms. The Labute approximate surface area is 192 Å². The molecular formula is C18H32O16. The maximum absolute atomic E-state index is 10.5. The average molecular weight is 504 g/mol. The van der Waals surface area contributed by atoms with Crippen molar-refractivity contribution in [3.05, 3.63) is 0 Å². The maximum atomic E-state index is 10.5. The van der Waals surface area contributed by atoms with Gasteiger partial charge in [-0.1, -0.05) is 0 Å². The van der Waals surface area contributed by atoms with Gasteiger partial charge in [-0.25, -0.2) is 0 Å². The molecule has 3 rings (SSSR count). The van der Waals surface area contributed by atoms with Gasteiger partial charge in [0.1, 0.15) is 73.2 Å². The Morgan fingerprint density at radius 1 is 0.441 bits per heavy atom. The zero-order valence-corrected chi connectivity index (χ0v) is 17.7. The largest absolute Gasteiger partial charge is 0.394 e. The zero-order valence-electron chi connectivity index (χ0n) is 17.7. The molecule has 200 valence electrons. The van der Waals surface area contributed by atoms with Gasteiger partial charge in [0.2, 0.25) is 0 Å². The van der Waals surface area contributed by atoms with E-state index < -0.39 is 112 Å². The molecule has 16 heteroatoms. The van der Waals surface area contributed by atoms with Crippen molar-refractivity contribution in [3.8, 4) is 0 Å². The molecule has 3 fully saturated rings. The van der Waals surface area contributed by atoms with Crippen LogP contribution in [0.4, 0.5) is 0 Å². The van der Waals surface area contributed by atoms with Gasteiger partial charge < -0.3 is 79.9 Å². The molecule has 0 aromatic rings. The highest BCUT2D eigenvalue weighted by molar-refractivity contribution is 4.96. The van der Waals surface area contributed by atoms with Gasteiger partial charge in [0.05, 0.1) is 19.8 Å². The predicted molar refractivity (Wildman–Crippen MR) is 101 cm³/mol. The molecule has 0 radical (unpaired) electrons. The number of hydrogen-bond donors (Lipinski definition) is 11. The normalized spacial score (nSPS) is 52.5. The van der Waals surface area contributed by atoms with Crippen molar-refractivity contribution in [1.82, 2.24) is 0 Å². The standard InChI is InChI=1S/C18H32O16/c19-1-4-7(22)9(24)11(26)17(31-4)33-14-6(3-21)30-16(29)13(28)15(14)34-18-12(27)10(25)8(23)5(2-20)32-18/h4-29H,1-3H2/t4-,5-,6-,7-,8-,9+,10+,11-,12+,13-,14-,15-,16?,17+,18-/m1/s1. The first-order valence-corrected chi connectivity index (χ1v) is 10.6. The molecule has 0 saturated carbocycles. The van der Waals surface area contributed by atoms with Gasteiger partial charge in [-0.2, -0.15) is 0 Å². The van der Waals surface area contributed by atoms with Gasteiger partial charge in [-0.15, -0.1) is 0 Å². The molecule has 15 atom stereocenters. The Balaban J connectivity index is 1.84. The molecule has 3 heterocycles.